The highest BCUT2D eigenvalue weighted by Crippen LogP contribution is 2.45. The predicted octanol–water partition coefficient (Wildman–Crippen LogP) is 2.99. The number of hydrogen-bond acceptors (Lipinski definition) is 2. The van der Waals surface area contributed by atoms with Crippen LogP contribution in [-0.2, 0) is 11.2 Å². The molecule has 1 aromatic rings. The summed E-state index contributed by atoms with van der Waals surface area (Å²) in [5.74, 6) is 2.31. The molecule has 3 heteroatoms. The molecule has 0 spiro atoms. The molecule has 4 unspecified atom stereocenters. The van der Waals surface area contributed by atoms with Gasteiger partial charge in [0.05, 0.1) is 6.42 Å². The van der Waals surface area contributed by atoms with Crippen molar-refractivity contribution in [1.82, 2.24) is 5.32 Å². The van der Waals surface area contributed by atoms with E-state index >= 15 is 0 Å². The van der Waals surface area contributed by atoms with Crippen LogP contribution in [0.25, 0.3) is 0 Å². The second kappa shape index (κ2) is 5.92. The quantitative estimate of drug-likeness (QED) is 0.816. The van der Waals surface area contributed by atoms with Gasteiger partial charge in [0.1, 0.15) is 0 Å². The van der Waals surface area contributed by atoms with Crippen LogP contribution in [0.2, 0.25) is 0 Å². The maximum absolute atomic E-state index is 11.6. The number of fused-ring (bicyclic) bond motifs is 2. The van der Waals surface area contributed by atoms with Crippen molar-refractivity contribution in [2.45, 2.75) is 32.2 Å². The number of carbonyl (C=O) groups is 1. The first-order valence-corrected chi connectivity index (χ1v) is 7.90. The van der Waals surface area contributed by atoms with Crippen LogP contribution in [-0.4, -0.2) is 19.0 Å². The lowest BCUT2D eigenvalue weighted by Crippen LogP contribution is -2.29. The molecule has 3 nitrogen and oxygen atoms in total. The maximum Gasteiger partial charge on any atom is 0.224 e. The summed E-state index contributed by atoms with van der Waals surface area (Å²) < 4.78 is 0. The average molecular weight is 284 g/mol. The molecule has 2 aliphatic rings. The highest BCUT2D eigenvalue weighted by atomic mass is 16.1. The minimum absolute atomic E-state index is 0.0553. The van der Waals surface area contributed by atoms with Crippen LogP contribution in [0.1, 0.15) is 25.3 Å². The van der Waals surface area contributed by atoms with Crippen molar-refractivity contribution in [2.24, 2.45) is 17.8 Å². The Morgan fingerprint density at radius 2 is 2.10 bits per heavy atom. The van der Waals surface area contributed by atoms with Crippen LogP contribution in [0, 0.1) is 17.8 Å². The first-order chi connectivity index (χ1) is 10.2. The average Bonchev–Trinajstić information content (AvgIpc) is 3.12. The lowest BCUT2D eigenvalue weighted by molar-refractivity contribution is -0.119. The van der Waals surface area contributed by atoms with Gasteiger partial charge < -0.3 is 10.6 Å². The molecule has 1 aromatic carbocycles. The molecule has 0 saturated heterocycles. The van der Waals surface area contributed by atoms with Gasteiger partial charge in [-0.1, -0.05) is 30.4 Å². The van der Waals surface area contributed by atoms with Gasteiger partial charge in [-0.25, -0.2) is 0 Å². The van der Waals surface area contributed by atoms with Gasteiger partial charge in [0.2, 0.25) is 5.91 Å². The lowest BCUT2D eigenvalue weighted by atomic mass is 9.87. The molecule has 1 amide bonds. The molecular weight excluding hydrogens is 260 g/mol. The van der Waals surface area contributed by atoms with Gasteiger partial charge in [-0.15, -0.1) is 0 Å². The molecule has 0 aliphatic heterocycles. The van der Waals surface area contributed by atoms with Gasteiger partial charge in [-0.05, 0) is 49.1 Å². The van der Waals surface area contributed by atoms with E-state index in [4.69, 9.17) is 0 Å². The van der Waals surface area contributed by atoms with Crippen LogP contribution >= 0.6 is 0 Å². The molecule has 2 N–H and O–H groups in total. The zero-order valence-electron chi connectivity index (χ0n) is 12.8. The molecule has 0 radical (unpaired) electrons. The summed E-state index contributed by atoms with van der Waals surface area (Å²) in [6.45, 7) is 2.27. The molecule has 21 heavy (non-hydrogen) atoms. The van der Waals surface area contributed by atoms with E-state index in [0.717, 1.165) is 23.1 Å². The van der Waals surface area contributed by atoms with Gasteiger partial charge in [0.25, 0.3) is 0 Å². The molecule has 0 aromatic heterocycles. The predicted molar refractivity (Wildman–Crippen MR) is 86.1 cm³/mol. The number of anilines is 1. The second-order valence-corrected chi connectivity index (χ2v) is 6.38. The number of allylic oxidation sites excluding steroid dienone is 2. The minimum atomic E-state index is 0.0553. The molecule has 4 atom stereocenters. The topological polar surface area (TPSA) is 41.1 Å². The Hall–Kier alpha value is -1.77. The van der Waals surface area contributed by atoms with Crippen LogP contribution in [0.3, 0.4) is 0 Å². The Kier molecular flexibility index (Phi) is 4.00. The third-order valence-corrected chi connectivity index (χ3v) is 5.00. The van der Waals surface area contributed by atoms with E-state index in [0.29, 0.717) is 18.4 Å². The van der Waals surface area contributed by atoms with Crippen molar-refractivity contribution in [3.8, 4) is 0 Å². The Balaban J connectivity index is 1.69. The molecule has 0 heterocycles. The number of likely N-dealkylation sites (N-methyl/N-ethyl adjacent to an activating group) is 1. The normalized spacial score (nSPS) is 27.6. The Bertz CT molecular complexity index is 552. The Labute approximate surface area is 126 Å². The monoisotopic (exact) mass is 284 g/mol. The largest absolute Gasteiger partial charge is 0.382 e. The van der Waals surface area contributed by atoms with Crippen molar-refractivity contribution in [3.05, 3.63) is 42.0 Å². The highest BCUT2D eigenvalue weighted by molar-refractivity contribution is 5.80. The van der Waals surface area contributed by atoms with Crippen LogP contribution in [0.4, 0.5) is 5.69 Å². The zero-order valence-corrected chi connectivity index (χ0v) is 12.8. The number of hydrogen-bond donors (Lipinski definition) is 2. The second-order valence-electron chi connectivity index (χ2n) is 6.38. The Morgan fingerprint density at radius 3 is 2.76 bits per heavy atom. The highest BCUT2D eigenvalue weighted by Gasteiger charge is 2.38. The van der Waals surface area contributed by atoms with Crippen molar-refractivity contribution in [2.75, 3.05) is 12.4 Å². The Morgan fingerprint density at radius 1 is 1.29 bits per heavy atom. The van der Waals surface area contributed by atoms with Crippen molar-refractivity contribution >= 4 is 11.6 Å². The van der Waals surface area contributed by atoms with Gasteiger partial charge in [0, 0.05) is 18.8 Å². The third-order valence-electron chi connectivity index (χ3n) is 5.00. The van der Waals surface area contributed by atoms with Gasteiger partial charge in [-0.3, -0.25) is 4.79 Å². The summed E-state index contributed by atoms with van der Waals surface area (Å²) in [5.41, 5.74) is 2.17. The van der Waals surface area contributed by atoms with Gasteiger partial charge in [0.15, 0.2) is 0 Å². The maximum atomic E-state index is 11.6. The first-order valence-electron chi connectivity index (χ1n) is 7.90. The summed E-state index contributed by atoms with van der Waals surface area (Å²) in [7, 11) is 1.68. The zero-order chi connectivity index (χ0) is 14.8. The fourth-order valence-corrected chi connectivity index (χ4v) is 3.83. The number of carbonyl (C=O) groups excluding carboxylic acids is 1. The summed E-state index contributed by atoms with van der Waals surface area (Å²) in [6.07, 6.45) is 7.84. The van der Waals surface area contributed by atoms with Crippen molar-refractivity contribution < 1.29 is 4.79 Å². The van der Waals surface area contributed by atoms with Gasteiger partial charge in [-0.2, -0.15) is 0 Å². The third kappa shape index (κ3) is 2.97. The molecule has 3 rings (SSSR count). The van der Waals surface area contributed by atoms with E-state index in [-0.39, 0.29) is 5.91 Å². The first kappa shape index (κ1) is 14.2. The molecule has 112 valence electrons. The van der Waals surface area contributed by atoms with Crippen molar-refractivity contribution in [3.63, 3.8) is 0 Å². The summed E-state index contributed by atoms with van der Waals surface area (Å²) in [6, 6.07) is 8.58. The standard InChI is InChI=1S/C18H24N2O/c1-12(16-10-13-7-8-14(16)9-13)20-17-6-4-3-5-15(17)11-18(21)19-2/h3-8,12-14,16,20H,9-11H2,1-2H3,(H,19,21). The number of para-hydroxylation sites is 1. The minimum Gasteiger partial charge on any atom is -0.382 e. The lowest BCUT2D eigenvalue weighted by Gasteiger charge is -2.28. The van der Waals surface area contributed by atoms with Gasteiger partial charge >= 0.3 is 0 Å². The van der Waals surface area contributed by atoms with Crippen LogP contribution < -0.4 is 10.6 Å². The van der Waals surface area contributed by atoms with E-state index in [1.807, 2.05) is 18.2 Å². The van der Waals surface area contributed by atoms with E-state index in [1.54, 1.807) is 7.05 Å². The summed E-state index contributed by atoms with van der Waals surface area (Å²) in [5, 5.41) is 6.35. The van der Waals surface area contributed by atoms with E-state index in [1.165, 1.54) is 12.8 Å². The molecule has 1 fully saturated rings. The molecule has 1 saturated carbocycles. The van der Waals surface area contributed by atoms with Crippen LogP contribution in [0.15, 0.2) is 36.4 Å². The smallest absolute Gasteiger partial charge is 0.224 e. The molecule has 2 bridgehead atoms. The number of nitrogens with one attached hydrogen (secondary N) is 2. The van der Waals surface area contributed by atoms with E-state index in [9.17, 15) is 4.79 Å². The fraction of sp³-hybridized carbons (Fsp3) is 0.500. The fourth-order valence-electron chi connectivity index (χ4n) is 3.83. The molecular formula is C18H24N2O. The van der Waals surface area contributed by atoms with Crippen molar-refractivity contribution in [1.29, 1.82) is 0 Å². The summed E-state index contributed by atoms with van der Waals surface area (Å²) >= 11 is 0. The number of rotatable bonds is 5. The number of benzene rings is 1. The summed E-state index contributed by atoms with van der Waals surface area (Å²) in [4.78, 5) is 11.6. The van der Waals surface area contributed by atoms with Crippen LogP contribution in [0.5, 0.6) is 0 Å². The van der Waals surface area contributed by atoms with E-state index in [2.05, 4.69) is 35.8 Å². The molecule has 2 aliphatic carbocycles. The van der Waals surface area contributed by atoms with E-state index < -0.39 is 0 Å². The SMILES string of the molecule is CNC(=O)Cc1ccccc1NC(C)C1CC2C=CC1C2. The number of amides is 1.